The summed E-state index contributed by atoms with van der Waals surface area (Å²) in [4.78, 5) is 0. The molecule has 0 fully saturated rings. The number of hydrogen-bond donors (Lipinski definition) is 0. The molecule has 0 N–H and O–H groups in total. The summed E-state index contributed by atoms with van der Waals surface area (Å²) in [6, 6.07) is 45.9. The van der Waals surface area contributed by atoms with Crippen molar-refractivity contribution in [1.82, 2.24) is 4.57 Å². The Bertz CT molecular complexity index is 2350. The second-order valence-electron chi connectivity index (χ2n) is 10.1. The van der Waals surface area contributed by atoms with Crippen molar-refractivity contribution in [2.24, 2.45) is 0 Å². The van der Waals surface area contributed by atoms with E-state index < -0.39 is 0 Å². The Balaban J connectivity index is 1.33. The highest BCUT2D eigenvalue weighted by atomic mass is 32.1. The van der Waals surface area contributed by atoms with Crippen LogP contribution in [0.15, 0.2) is 132 Å². The van der Waals surface area contributed by atoms with Crippen molar-refractivity contribution in [3.05, 3.63) is 127 Å². The van der Waals surface area contributed by atoms with Gasteiger partial charge in [-0.05, 0) is 65.7 Å². The monoisotopic (exact) mass is 515 g/mol. The lowest BCUT2D eigenvalue weighted by molar-refractivity contribution is 0.669. The average molecular weight is 516 g/mol. The van der Waals surface area contributed by atoms with Gasteiger partial charge in [0, 0.05) is 47.4 Å². The summed E-state index contributed by atoms with van der Waals surface area (Å²) < 4.78 is 11.1. The number of fused-ring (bicyclic) bond motifs is 9. The highest BCUT2D eigenvalue weighted by Gasteiger charge is 2.16. The molecule has 0 atom stereocenters. The third kappa shape index (κ3) is 2.96. The molecule has 9 rings (SSSR count). The minimum atomic E-state index is 0.927. The van der Waals surface area contributed by atoms with Gasteiger partial charge in [-0.2, -0.15) is 0 Å². The first-order valence-corrected chi connectivity index (χ1v) is 14.0. The predicted octanol–water partition coefficient (Wildman–Crippen LogP) is 10.7. The summed E-state index contributed by atoms with van der Waals surface area (Å²) >= 11 is 1.86. The Morgan fingerprint density at radius 1 is 0.487 bits per heavy atom. The van der Waals surface area contributed by atoms with Crippen LogP contribution in [0.3, 0.4) is 0 Å². The van der Waals surface area contributed by atoms with Crippen LogP contribution in [-0.4, -0.2) is 4.57 Å². The van der Waals surface area contributed by atoms with Gasteiger partial charge < -0.3 is 8.98 Å². The zero-order chi connectivity index (χ0) is 25.5. The minimum Gasteiger partial charge on any atom is -0.456 e. The number of para-hydroxylation sites is 3. The fraction of sp³-hybridized carbons (Fsp3) is 0. The Hall–Kier alpha value is -4.86. The quantitative estimate of drug-likeness (QED) is 0.224. The van der Waals surface area contributed by atoms with Crippen molar-refractivity contribution in [3.8, 4) is 16.8 Å². The van der Waals surface area contributed by atoms with E-state index in [0.29, 0.717) is 0 Å². The topological polar surface area (TPSA) is 18.1 Å². The SMILES string of the molecule is c1ccc2c(c1)oc1ccc(-c3cccc4sc5ccc(-n6c7ccccc7c7ccccc76)cc5c34)cc12. The van der Waals surface area contributed by atoms with Gasteiger partial charge in [-0.25, -0.2) is 0 Å². The van der Waals surface area contributed by atoms with Crippen LogP contribution < -0.4 is 0 Å². The Morgan fingerprint density at radius 3 is 2.03 bits per heavy atom. The molecule has 2 nitrogen and oxygen atoms in total. The van der Waals surface area contributed by atoms with E-state index in [9.17, 15) is 0 Å². The first-order valence-electron chi connectivity index (χ1n) is 13.2. The van der Waals surface area contributed by atoms with Crippen molar-refractivity contribution in [2.45, 2.75) is 0 Å². The van der Waals surface area contributed by atoms with Crippen molar-refractivity contribution in [3.63, 3.8) is 0 Å². The van der Waals surface area contributed by atoms with Crippen LogP contribution in [0.1, 0.15) is 0 Å². The third-order valence-corrected chi connectivity index (χ3v) is 9.14. The molecule has 0 bridgehead atoms. The highest BCUT2D eigenvalue weighted by molar-refractivity contribution is 7.26. The minimum absolute atomic E-state index is 0.927. The predicted molar refractivity (Wildman–Crippen MR) is 166 cm³/mol. The Morgan fingerprint density at radius 2 is 1.21 bits per heavy atom. The lowest BCUT2D eigenvalue weighted by Crippen LogP contribution is -1.93. The molecule has 0 saturated carbocycles. The van der Waals surface area contributed by atoms with Crippen LogP contribution in [0.4, 0.5) is 0 Å². The highest BCUT2D eigenvalue weighted by Crippen LogP contribution is 2.43. The molecule has 0 aliphatic rings. The summed E-state index contributed by atoms with van der Waals surface area (Å²) in [6.07, 6.45) is 0. The standard InChI is InChI=1S/C36H21NOS/c1-4-12-30-25(8-1)26-9-2-5-13-31(26)37(30)23-17-19-34-29(21-23)36-24(11-7-15-35(36)39-34)22-16-18-33-28(20-22)27-10-3-6-14-32(27)38-33/h1-21H. The number of aromatic nitrogens is 1. The van der Waals surface area contributed by atoms with E-state index in [-0.39, 0.29) is 0 Å². The molecule has 182 valence electrons. The summed E-state index contributed by atoms with van der Waals surface area (Å²) in [6.45, 7) is 0. The van der Waals surface area contributed by atoms with E-state index in [1.807, 2.05) is 23.5 Å². The van der Waals surface area contributed by atoms with Gasteiger partial charge >= 0.3 is 0 Å². The number of hydrogen-bond acceptors (Lipinski definition) is 2. The molecule has 3 aromatic heterocycles. The fourth-order valence-electron chi connectivity index (χ4n) is 6.29. The normalized spacial score (nSPS) is 12.1. The van der Waals surface area contributed by atoms with Crippen LogP contribution in [-0.2, 0) is 0 Å². The molecule has 6 aromatic carbocycles. The lowest BCUT2D eigenvalue weighted by Gasteiger charge is -2.09. The number of nitrogens with zero attached hydrogens (tertiary/aromatic N) is 1. The second kappa shape index (κ2) is 7.83. The molecule has 39 heavy (non-hydrogen) atoms. The molecule has 0 amide bonds. The van der Waals surface area contributed by atoms with Crippen LogP contribution >= 0.6 is 11.3 Å². The molecule has 0 unspecified atom stereocenters. The fourth-order valence-corrected chi connectivity index (χ4v) is 7.40. The maximum atomic E-state index is 6.11. The van der Waals surface area contributed by atoms with Crippen LogP contribution in [0, 0.1) is 0 Å². The van der Waals surface area contributed by atoms with Crippen LogP contribution in [0.25, 0.3) is 80.7 Å². The van der Waals surface area contributed by atoms with E-state index in [2.05, 4.69) is 120 Å². The van der Waals surface area contributed by atoms with Gasteiger partial charge in [0.15, 0.2) is 0 Å². The van der Waals surface area contributed by atoms with E-state index in [1.165, 1.54) is 58.8 Å². The largest absolute Gasteiger partial charge is 0.456 e. The van der Waals surface area contributed by atoms with Gasteiger partial charge in [0.1, 0.15) is 11.2 Å². The van der Waals surface area contributed by atoms with Gasteiger partial charge in [-0.3, -0.25) is 0 Å². The number of benzene rings is 6. The summed E-state index contributed by atoms with van der Waals surface area (Å²) in [5.41, 5.74) is 7.97. The van der Waals surface area contributed by atoms with E-state index in [4.69, 9.17) is 4.42 Å². The zero-order valence-corrected chi connectivity index (χ0v) is 21.7. The van der Waals surface area contributed by atoms with Gasteiger partial charge in [-0.15, -0.1) is 11.3 Å². The van der Waals surface area contributed by atoms with Crippen molar-refractivity contribution in [1.29, 1.82) is 0 Å². The number of furan rings is 1. The number of thiophene rings is 1. The molecule has 0 saturated heterocycles. The third-order valence-electron chi connectivity index (χ3n) is 8.00. The molecule has 0 radical (unpaired) electrons. The van der Waals surface area contributed by atoms with E-state index >= 15 is 0 Å². The molecule has 9 aromatic rings. The lowest BCUT2D eigenvalue weighted by atomic mass is 9.98. The second-order valence-corrected chi connectivity index (χ2v) is 11.2. The first-order chi connectivity index (χ1) is 19.3. The molecule has 0 aliphatic carbocycles. The zero-order valence-electron chi connectivity index (χ0n) is 20.9. The smallest absolute Gasteiger partial charge is 0.135 e. The van der Waals surface area contributed by atoms with Gasteiger partial charge in [0.05, 0.1) is 11.0 Å². The average Bonchev–Trinajstić information content (AvgIpc) is 3.66. The van der Waals surface area contributed by atoms with Gasteiger partial charge in [-0.1, -0.05) is 72.8 Å². The van der Waals surface area contributed by atoms with Crippen LogP contribution in [0.2, 0.25) is 0 Å². The maximum absolute atomic E-state index is 6.11. The van der Waals surface area contributed by atoms with E-state index in [0.717, 1.165) is 21.9 Å². The Kier molecular flexibility index (Phi) is 4.24. The summed E-state index contributed by atoms with van der Waals surface area (Å²) in [5.74, 6) is 0. The molecule has 3 heteroatoms. The molecular weight excluding hydrogens is 494 g/mol. The Labute approximate surface area is 227 Å². The van der Waals surface area contributed by atoms with E-state index in [1.54, 1.807) is 0 Å². The van der Waals surface area contributed by atoms with Crippen molar-refractivity contribution < 1.29 is 4.42 Å². The molecule has 0 aliphatic heterocycles. The van der Waals surface area contributed by atoms with Crippen molar-refractivity contribution in [2.75, 3.05) is 0 Å². The van der Waals surface area contributed by atoms with Gasteiger partial charge in [0.2, 0.25) is 0 Å². The molecule has 3 heterocycles. The first kappa shape index (κ1) is 21.1. The van der Waals surface area contributed by atoms with Crippen molar-refractivity contribution >= 4 is 75.3 Å². The maximum Gasteiger partial charge on any atom is 0.135 e. The summed E-state index contributed by atoms with van der Waals surface area (Å²) in [7, 11) is 0. The molecular formula is C36H21NOS. The number of rotatable bonds is 2. The van der Waals surface area contributed by atoms with Gasteiger partial charge in [0.25, 0.3) is 0 Å². The molecule has 0 spiro atoms. The van der Waals surface area contributed by atoms with Crippen LogP contribution in [0.5, 0.6) is 0 Å². The summed E-state index contributed by atoms with van der Waals surface area (Å²) in [5, 5.41) is 7.49.